The van der Waals surface area contributed by atoms with Gasteiger partial charge in [-0.15, -0.1) is 0 Å². The van der Waals surface area contributed by atoms with Gasteiger partial charge in [0.15, 0.2) is 0 Å². The third kappa shape index (κ3) is 2.84. The lowest BCUT2D eigenvalue weighted by molar-refractivity contribution is -0.147. The smallest absolute Gasteiger partial charge is 0.327 e. The fourth-order valence-corrected chi connectivity index (χ4v) is 2.58. The number of carbonyl (C=O) groups is 1. The first-order chi connectivity index (χ1) is 9.46. The number of hydrogen-bond donors (Lipinski definition) is 2. The minimum atomic E-state index is -1.05. The number of esters is 1. The normalized spacial score (nSPS) is 14.4. The van der Waals surface area contributed by atoms with Gasteiger partial charge in [0.1, 0.15) is 5.54 Å². The Labute approximate surface area is 118 Å². The third-order valence-corrected chi connectivity index (χ3v) is 3.37. The van der Waals surface area contributed by atoms with Crippen molar-refractivity contribution in [2.45, 2.75) is 12.0 Å². The molecule has 20 heavy (non-hydrogen) atoms. The summed E-state index contributed by atoms with van der Waals surface area (Å²) in [6.07, 6.45) is 2.34. The number of rotatable bonds is 5. The van der Waals surface area contributed by atoms with Crippen molar-refractivity contribution >= 4 is 16.9 Å². The lowest BCUT2D eigenvalue weighted by atomic mass is 9.91. The van der Waals surface area contributed by atoms with Gasteiger partial charge in [-0.3, -0.25) is 4.79 Å². The van der Waals surface area contributed by atoms with Crippen LogP contribution in [0, 0.1) is 0 Å². The minimum Gasteiger partial charge on any atom is -0.468 e. The summed E-state index contributed by atoms with van der Waals surface area (Å²) in [6, 6.07) is 7.97. The van der Waals surface area contributed by atoms with Crippen LogP contribution >= 0.6 is 0 Å². The maximum atomic E-state index is 12.0. The molecule has 1 atom stereocenters. The van der Waals surface area contributed by atoms with Gasteiger partial charge in [0.05, 0.1) is 7.11 Å². The number of fused-ring (bicyclic) bond motifs is 1. The summed E-state index contributed by atoms with van der Waals surface area (Å²) in [5.74, 6) is -0.392. The Balaban J connectivity index is 2.34. The molecule has 0 spiro atoms. The molecule has 1 aromatic carbocycles. The van der Waals surface area contributed by atoms with Crippen LogP contribution in [0.25, 0.3) is 10.9 Å². The lowest BCUT2D eigenvalue weighted by Crippen LogP contribution is -2.57. The van der Waals surface area contributed by atoms with Gasteiger partial charge in [0.2, 0.25) is 0 Å². The summed E-state index contributed by atoms with van der Waals surface area (Å²) in [5, 5.41) is 1.09. The van der Waals surface area contributed by atoms with Crippen LogP contribution in [0.1, 0.15) is 5.56 Å². The number of carbonyl (C=O) groups excluding carboxylic acids is 1. The number of ether oxygens (including phenoxy) is 1. The SMILES string of the molecule is COC(=O)C(N)(Cc1c[nH]c2ccccc12)CN(C)C. The average Bonchev–Trinajstić information content (AvgIpc) is 2.80. The molecule has 5 nitrogen and oxygen atoms in total. The number of aromatic nitrogens is 1. The topological polar surface area (TPSA) is 71.3 Å². The molecule has 108 valence electrons. The van der Waals surface area contributed by atoms with Crippen molar-refractivity contribution in [2.75, 3.05) is 27.7 Å². The van der Waals surface area contributed by atoms with Gasteiger partial charge in [0.25, 0.3) is 0 Å². The Bertz CT molecular complexity index is 606. The second-order valence-corrected chi connectivity index (χ2v) is 5.42. The second kappa shape index (κ2) is 5.64. The predicted molar refractivity (Wildman–Crippen MR) is 79.5 cm³/mol. The Morgan fingerprint density at radius 3 is 2.75 bits per heavy atom. The minimum absolute atomic E-state index is 0.392. The maximum absolute atomic E-state index is 12.0. The number of aromatic amines is 1. The van der Waals surface area contributed by atoms with Gasteiger partial charge < -0.3 is 20.4 Å². The van der Waals surface area contributed by atoms with E-state index < -0.39 is 11.5 Å². The van der Waals surface area contributed by atoms with Crippen LogP contribution in [0.2, 0.25) is 0 Å². The molecule has 0 amide bonds. The van der Waals surface area contributed by atoms with E-state index in [-0.39, 0.29) is 0 Å². The van der Waals surface area contributed by atoms with Crippen LogP contribution in [0.5, 0.6) is 0 Å². The second-order valence-electron chi connectivity index (χ2n) is 5.42. The molecule has 1 aromatic heterocycles. The van der Waals surface area contributed by atoms with Crippen LogP contribution in [0.15, 0.2) is 30.5 Å². The van der Waals surface area contributed by atoms with E-state index in [0.29, 0.717) is 13.0 Å². The summed E-state index contributed by atoms with van der Waals surface area (Å²) in [6.45, 7) is 0.430. The quantitative estimate of drug-likeness (QED) is 0.803. The van der Waals surface area contributed by atoms with Gasteiger partial charge >= 0.3 is 5.97 Å². The van der Waals surface area contributed by atoms with E-state index in [4.69, 9.17) is 10.5 Å². The van der Waals surface area contributed by atoms with Crippen LogP contribution in [-0.4, -0.2) is 49.1 Å². The number of likely N-dealkylation sites (N-methyl/N-ethyl adjacent to an activating group) is 1. The lowest BCUT2D eigenvalue weighted by Gasteiger charge is -2.29. The maximum Gasteiger partial charge on any atom is 0.327 e. The van der Waals surface area contributed by atoms with E-state index in [2.05, 4.69) is 4.98 Å². The summed E-state index contributed by atoms with van der Waals surface area (Å²) in [7, 11) is 5.15. The highest BCUT2D eigenvalue weighted by atomic mass is 16.5. The van der Waals surface area contributed by atoms with E-state index >= 15 is 0 Å². The zero-order valence-corrected chi connectivity index (χ0v) is 12.1. The molecule has 0 saturated carbocycles. The molecule has 0 aliphatic rings. The molecular formula is C15H21N3O2. The predicted octanol–water partition coefficient (Wildman–Crippen LogP) is 1.14. The molecule has 2 rings (SSSR count). The highest BCUT2D eigenvalue weighted by molar-refractivity contribution is 5.86. The van der Waals surface area contributed by atoms with Gasteiger partial charge in [0, 0.05) is 30.1 Å². The number of methoxy groups -OCH3 is 1. The Kier molecular flexibility index (Phi) is 4.11. The molecule has 3 N–H and O–H groups in total. The highest BCUT2D eigenvalue weighted by Crippen LogP contribution is 2.22. The van der Waals surface area contributed by atoms with Crippen LogP contribution in [-0.2, 0) is 16.0 Å². The van der Waals surface area contributed by atoms with Gasteiger partial charge in [-0.05, 0) is 25.7 Å². The van der Waals surface area contributed by atoms with E-state index in [1.54, 1.807) is 0 Å². The first-order valence-corrected chi connectivity index (χ1v) is 6.53. The zero-order chi connectivity index (χ0) is 14.8. The number of H-pyrrole nitrogens is 1. The van der Waals surface area contributed by atoms with Gasteiger partial charge in [-0.2, -0.15) is 0 Å². The molecule has 1 heterocycles. The first-order valence-electron chi connectivity index (χ1n) is 6.53. The first kappa shape index (κ1) is 14.6. The summed E-state index contributed by atoms with van der Waals surface area (Å²) in [4.78, 5) is 17.1. The standard InChI is InChI=1S/C15H21N3O2/c1-18(2)10-15(16,14(19)20-3)8-11-9-17-13-7-5-4-6-12(11)13/h4-7,9,17H,8,10,16H2,1-3H3. The van der Waals surface area contributed by atoms with Crippen molar-refractivity contribution in [2.24, 2.45) is 5.73 Å². The largest absolute Gasteiger partial charge is 0.468 e. The van der Waals surface area contributed by atoms with E-state index in [1.807, 2.05) is 49.5 Å². The molecule has 0 saturated heterocycles. The fraction of sp³-hybridized carbons (Fsp3) is 0.400. The molecule has 0 aliphatic heterocycles. The third-order valence-electron chi connectivity index (χ3n) is 3.37. The number of nitrogens with zero attached hydrogens (tertiary/aromatic N) is 1. The summed E-state index contributed by atoms with van der Waals surface area (Å²) >= 11 is 0. The van der Waals surface area contributed by atoms with E-state index in [0.717, 1.165) is 16.5 Å². The van der Waals surface area contributed by atoms with Crippen molar-refractivity contribution in [1.82, 2.24) is 9.88 Å². The van der Waals surface area contributed by atoms with Crippen molar-refractivity contribution in [3.05, 3.63) is 36.0 Å². The van der Waals surface area contributed by atoms with Gasteiger partial charge in [-0.1, -0.05) is 18.2 Å². The van der Waals surface area contributed by atoms with Gasteiger partial charge in [-0.25, -0.2) is 0 Å². The van der Waals surface area contributed by atoms with Crippen molar-refractivity contribution in [1.29, 1.82) is 0 Å². The molecule has 0 bridgehead atoms. The fourth-order valence-electron chi connectivity index (χ4n) is 2.58. The van der Waals surface area contributed by atoms with Crippen molar-refractivity contribution in [3.63, 3.8) is 0 Å². The number of nitrogens with two attached hydrogens (primary N) is 1. The molecule has 1 unspecified atom stereocenters. The van der Waals surface area contributed by atoms with E-state index in [9.17, 15) is 4.79 Å². The van der Waals surface area contributed by atoms with Crippen LogP contribution < -0.4 is 5.73 Å². The molecule has 5 heteroatoms. The molecule has 0 fully saturated rings. The number of benzene rings is 1. The summed E-state index contributed by atoms with van der Waals surface area (Å²) in [5.41, 5.74) is 7.32. The highest BCUT2D eigenvalue weighted by Gasteiger charge is 2.36. The molecular weight excluding hydrogens is 254 g/mol. The molecule has 0 radical (unpaired) electrons. The average molecular weight is 275 g/mol. The molecule has 2 aromatic rings. The Morgan fingerprint density at radius 2 is 2.10 bits per heavy atom. The zero-order valence-electron chi connectivity index (χ0n) is 12.1. The Hall–Kier alpha value is -1.85. The van der Waals surface area contributed by atoms with Crippen LogP contribution in [0.3, 0.4) is 0 Å². The Morgan fingerprint density at radius 1 is 1.40 bits per heavy atom. The van der Waals surface area contributed by atoms with Crippen molar-refractivity contribution in [3.8, 4) is 0 Å². The van der Waals surface area contributed by atoms with E-state index in [1.165, 1.54) is 7.11 Å². The monoisotopic (exact) mass is 275 g/mol. The van der Waals surface area contributed by atoms with Crippen molar-refractivity contribution < 1.29 is 9.53 Å². The summed E-state index contributed by atoms with van der Waals surface area (Å²) < 4.78 is 4.88. The number of hydrogen-bond acceptors (Lipinski definition) is 4. The number of para-hydroxylation sites is 1. The van der Waals surface area contributed by atoms with Crippen LogP contribution in [0.4, 0.5) is 0 Å². The molecule has 0 aliphatic carbocycles. The number of nitrogens with one attached hydrogen (secondary N) is 1.